The molecule has 0 spiro atoms. The van der Waals surface area contributed by atoms with Gasteiger partial charge < -0.3 is 10.2 Å². The van der Waals surface area contributed by atoms with E-state index in [0.717, 1.165) is 49.4 Å². The van der Waals surface area contributed by atoms with Crippen LogP contribution in [0.4, 0.5) is 0 Å². The number of aliphatic hydroxyl groups excluding tert-OH is 1. The van der Waals surface area contributed by atoms with Gasteiger partial charge in [-0.2, -0.15) is 0 Å². The van der Waals surface area contributed by atoms with Gasteiger partial charge in [0, 0.05) is 0 Å². The standard InChI is InChI=1S/C27H46O2/c1-18(2)7-6-14-27(5,29)24-11-10-22-21-9-8-19-17-20(28)12-15-25(19,3)23(21)13-16-26(22,24)4/h8,18,20-24,28-29H,6-7,9-17H2,1-5H3/t20-,21?,22?,23?,24?,25-,26-,27+/m0/s1. The quantitative estimate of drug-likeness (QED) is 0.515. The average molecular weight is 403 g/mol. The SMILES string of the molecule is CC(C)CCC[C@@](C)(O)C1CCC2C3CC=C4C[C@@H](O)CC[C@]4(C)C3CC[C@@]21C. The first-order valence-electron chi connectivity index (χ1n) is 12.7. The van der Waals surface area contributed by atoms with Gasteiger partial charge in [0.1, 0.15) is 0 Å². The Morgan fingerprint density at radius 2 is 1.86 bits per heavy atom. The molecule has 166 valence electrons. The van der Waals surface area contributed by atoms with Crippen LogP contribution in [0.15, 0.2) is 11.6 Å². The van der Waals surface area contributed by atoms with Crippen molar-refractivity contribution < 1.29 is 10.2 Å². The third-order valence-corrected chi connectivity index (χ3v) is 10.3. The van der Waals surface area contributed by atoms with E-state index in [4.69, 9.17) is 0 Å². The van der Waals surface area contributed by atoms with E-state index >= 15 is 0 Å². The van der Waals surface area contributed by atoms with Gasteiger partial charge >= 0.3 is 0 Å². The Morgan fingerprint density at radius 1 is 1.10 bits per heavy atom. The van der Waals surface area contributed by atoms with Crippen molar-refractivity contribution in [2.75, 3.05) is 0 Å². The predicted octanol–water partition coefficient (Wildman–Crippen LogP) is 6.50. The minimum absolute atomic E-state index is 0.114. The molecule has 8 atom stereocenters. The minimum atomic E-state index is -0.514. The van der Waals surface area contributed by atoms with Gasteiger partial charge in [-0.25, -0.2) is 0 Å². The molecular formula is C27H46O2. The topological polar surface area (TPSA) is 40.5 Å². The van der Waals surface area contributed by atoms with Crippen LogP contribution in [0.5, 0.6) is 0 Å². The molecule has 0 radical (unpaired) electrons. The van der Waals surface area contributed by atoms with E-state index in [1.54, 1.807) is 5.57 Å². The van der Waals surface area contributed by atoms with Crippen molar-refractivity contribution in [1.82, 2.24) is 0 Å². The van der Waals surface area contributed by atoms with Crippen molar-refractivity contribution in [1.29, 1.82) is 0 Å². The molecule has 0 amide bonds. The van der Waals surface area contributed by atoms with E-state index < -0.39 is 5.60 Å². The molecule has 0 aliphatic heterocycles. The largest absolute Gasteiger partial charge is 0.393 e. The number of aliphatic hydroxyl groups is 2. The van der Waals surface area contributed by atoms with Gasteiger partial charge in [-0.15, -0.1) is 0 Å². The summed E-state index contributed by atoms with van der Waals surface area (Å²) in [5.74, 6) is 3.53. The molecule has 3 saturated carbocycles. The summed E-state index contributed by atoms with van der Waals surface area (Å²) in [4.78, 5) is 0. The van der Waals surface area contributed by atoms with Gasteiger partial charge in [0.2, 0.25) is 0 Å². The van der Waals surface area contributed by atoms with Gasteiger partial charge in [0.25, 0.3) is 0 Å². The molecule has 0 bridgehead atoms. The van der Waals surface area contributed by atoms with Crippen molar-refractivity contribution in [3.63, 3.8) is 0 Å². The molecule has 29 heavy (non-hydrogen) atoms. The van der Waals surface area contributed by atoms with Crippen molar-refractivity contribution in [3.8, 4) is 0 Å². The van der Waals surface area contributed by atoms with Gasteiger partial charge in [-0.1, -0.05) is 52.2 Å². The highest BCUT2D eigenvalue weighted by Crippen LogP contribution is 2.67. The van der Waals surface area contributed by atoms with Gasteiger partial charge in [0.05, 0.1) is 11.7 Å². The van der Waals surface area contributed by atoms with Crippen LogP contribution in [0.1, 0.15) is 105 Å². The lowest BCUT2D eigenvalue weighted by molar-refractivity contribution is -0.105. The molecule has 0 saturated heterocycles. The summed E-state index contributed by atoms with van der Waals surface area (Å²) in [6.45, 7) is 11.8. The second-order valence-electron chi connectivity index (χ2n) is 12.5. The zero-order valence-electron chi connectivity index (χ0n) is 19.7. The highest BCUT2D eigenvalue weighted by molar-refractivity contribution is 5.25. The second-order valence-corrected chi connectivity index (χ2v) is 12.5. The van der Waals surface area contributed by atoms with Crippen LogP contribution in [0.2, 0.25) is 0 Å². The summed E-state index contributed by atoms with van der Waals surface area (Å²) in [6.07, 6.45) is 15.2. The van der Waals surface area contributed by atoms with Crippen LogP contribution in [0.3, 0.4) is 0 Å². The Morgan fingerprint density at radius 3 is 2.59 bits per heavy atom. The number of rotatable bonds is 5. The van der Waals surface area contributed by atoms with E-state index in [-0.39, 0.29) is 6.10 Å². The fourth-order valence-corrected chi connectivity index (χ4v) is 8.71. The Bertz CT molecular complexity index is 634. The molecule has 2 N–H and O–H groups in total. The molecule has 4 rings (SSSR count). The third kappa shape index (κ3) is 3.65. The molecule has 0 heterocycles. The Hall–Kier alpha value is -0.340. The molecular weight excluding hydrogens is 356 g/mol. The van der Waals surface area contributed by atoms with E-state index in [1.165, 1.54) is 44.9 Å². The second kappa shape index (κ2) is 7.66. The number of allylic oxidation sites excluding steroid dienone is 1. The van der Waals surface area contributed by atoms with Crippen LogP contribution in [-0.2, 0) is 0 Å². The van der Waals surface area contributed by atoms with E-state index in [9.17, 15) is 10.2 Å². The van der Waals surface area contributed by atoms with E-state index in [0.29, 0.717) is 16.7 Å². The zero-order valence-corrected chi connectivity index (χ0v) is 19.7. The lowest BCUT2D eigenvalue weighted by Crippen LogP contribution is -2.53. The minimum Gasteiger partial charge on any atom is -0.393 e. The fraction of sp³-hybridized carbons (Fsp3) is 0.926. The van der Waals surface area contributed by atoms with Gasteiger partial charge in [-0.3, -0.25) is 0 Å². The molecule has 2 heteroatoms. The lowest BCUT2D eigenvalue weighted by Gasteiger charge is -2.59. The van der Waals surface area contributed by atoms with Gasteiger partial charge in [0.15, 0.2) is 0 Å². The summed E-state index contributed by atoms with van der Waals surface area (Å²) in [6, 6.07) is 0. The Balaban J connectivity index is 1.53. The van der Waals surface area contributed by atoms with E-state index in [1.807, 2.05) is 0 Å². The Kier molecular flexibility index (Phi) is 5.78. The summed E-state index contributed by atoms with van der Waals surface area (Å²) in [5.41, 5.74) is 1.68. The predicted molar refractivity (Wildman–Crippen MR) is 121 cm³/mol. The first-order chi connectivity index (χ1) is 13.6. The maximum Gasteiger partial charge on any atom is 0.0653 e. The maximum absolute atomic E-state index is 11.6. The van der Waals surface area contributed by atoms with Crippen LogP contribution >= 0.6 is 0 Å². The maximum atomic E-state index is 11.6. The molecule has 3 fully saturated rings. The molecule has 4 aliphatic carbocycles. The molecule has 0 aromatic carbocycles. The smallest absolute Gasteiger partial charge is 0.0653 e. The lowest BCUT2D eigenvalue weighted by atomic mass is 9.46. The highest BCUT2D eigenvalue weighted by atomic mass is 16.3. The molecule has 2 nitrogen and oxygen atoms in total. The zero-order chi connectivity index (χ0) is 21.0. The molecule has 4 unspecified atom stereocenters. The van der Waals surface area contributed by atoms with Crippen molar-refractivity contribution in [2.24, 2.45) is 40.4 Å². The molecule has 4 aliphatic rings. The number of hydrogen-bond acceptors (Lipinski definition) is 2. The van der Waals surface area contributed by atoms with Crippen molar-refractivity contribution in [3.05, 3.63) is 11.6 Å². The summed E-state index contributed by atoms with van der Waals surface area (Å²) in [5, 5.41) is 21.8. The number of hydrogen-bond donors (Lipinski definition) is 2. The van der Waals surface area contributed by atoms with Crippen LogP contribution < -0.4 is 0 Å². The van der Waals surface area contributed by atoms with Crippen LogP contribution in [0, 0.1) is 40.4 Å². The first kappa shape index (κ1) is 21.9. The summed E-state index contributed by atoms with van der Waals surface area (Å²) >= 11 is 0. The van der Waals surface area contributed by atoms with Crippen molar-refractivity contribution >= 4 is 0 Å². The van der Waals surface area contributed by atoms with Crippen LogP contribution in [0.25, 0.3) is 0 Å². The average Bonchev–Trinajstić information content (AvgIpc) is 3.00. The van der Waals surface area contributed by atoms with E-state index in [2.05, 4.69) is 40.7 Å². The summed E-state index contributed by atoms with van der Waals surface area (Å²) in [7, 11) is 0. The monoisotopic (exact) mass is 402 g/mol. The Labute approximate surface area is 179 Å². The number of fused-ring (bicyclic) bond motifs is 5. The van der Waals surface area contributed by atoms with Crippen molar-refractivity contribution in [2.45, 2.75) is 117 Å². The normalized spacial score (nSPS) is 46.5. The first-order valence-corrected chi connectivity index (χ1v) is 12.7. The third-order valence-electron chi connectivity index (χ3n) is 10.3. The summed E-state index contributed by atoms with van der Waals surface area (Å²) < 4.78 is 0. The van der Waals surface area contributed by atoms with Gasteiger partial charge in [-0.05, 0) is 105 Å². The highest BCUT2D eigenvalue weighted by Gasteiger charge is 2.61. The van der Waals surface area contributed by atoms with Crippen LogP contribution in [-0.4, -0.2) is 21.9 Å². The molecule has 0 aromatic heterocycles. The molecule has 0 aromatic rings. The fourth-order valence-electron chi connectivity index (χ4n) is 8.71.